The SMILES string of the molecule is O=C(OCC(Cl)(Cl)Cl)N(C(=O)OCC(Cl)(Cl)Cl)c1cccnc1. The smallest absolute Gasteiger partial charge is 0.424 e. The first-order chi connectivity index (χ1) is 10.5. The maximum atomic E-state index is 12.1. The molecular weight excluding hydrogens is 437 g/mol. The summed E-state index contributed by atoms with van der Waals surface area (Å²) in [5.41, 5.74) is 0.0520. The van der Waals surface area contributed by atoms with Crippen molar-refractivity contribution in [3.8, 4) is 0 Å². The average molecular weight is 445 g/mol. The van der Waals surface area contributed by atoms with Gasteiger partial charge in [0.1, 0.15) is 13.2 Å². The third-order valence-corrected chi connectivity index (χ3v) is 2.64. The van der Waals surface area contributed by atoms with Gasteiger partial charge in [-0.15, -0.1) is 0 Å². The maximum absolute atomic E-state index is 12.1. The minimum atomic E-state index is -1.85. The van der Waals surface area contributed by atoms with Crippen LogP contribution in [0.4, 0.5) is 15.3 Å². The average Bonchev–Trinajstić information content (AvgIpc) is 2.43. The second-order valence-electron chi connectivity index (χ2n) is 3.89. The highest BCUT2D eigenvalue weighted by molar-refractivity contribution is 6.68. The Labute approximate surface area is 161 Å². The molecule has 1 aromatic heterocycles. The quantitative estimate of drug-likeness (QED) is 0.620. The fourth-order valence-electron chi connectivity index (χ4n) is 1.19. The van der Waals surface area contributed by atoms with Crippen LogP contribution in [0, 0.1) is 0 Å². The monoisotopic (exact) mass is 442 g/mol. The highest BCUT2D eigenvalue weighted by Gasteiger charge is 2.32. The summed E-state index contributed by atoms with van der Waals surface area (Å²) in [4.78, 5) is 28.4. The Morgan fingerprint density at radius 1 is 1.00 bits per heavy atom. The van der Waals surface area contributed by atoms with Gasteiger partial charge in [0.2, 0.25) is 7.59 Å². The number of rotatable bonds is 3. The van der Waals surface area contributed by atoms with Crippen LogP contribution in [0.5, 0.6) is 0 Å². The van der Waals surface area contributed by atoms with E-state index >= 15 is 0 Å². The number of pyridine rings is 1. The molecule has 0 fully saturated rings. The fraction of sp³-hybridized carbons (Fsp3) is 0.364. The van der Waals surface area contributed by atoms with Crippen molar-refractivity contribution in [3.05, 3.63) is 24.5 Å². The molecule has 23 heavy (non-hydrogen) atoms. The van der Waals surface area contributed by atoms with E-state index < -0.39 is 33.0 Å². The fourth-order valence-corrected chi connectivity index (χ4v) is 1.51. The van der Waals surface area contributed by atoms with E-state index in [0.717, 1.165) is 0 Å². The molecule has 0 bridgehead atoms. The lowest BCUT2D eigenvalue weighted by molar-refractivity contribution is 0.136. The maximum Gasteiger partial charge on any atom is 0.424 e. The molecule has 1 aromatic rings. The minimum absolute atomic E-state index is 0.0520. The molecule has 0 aliphatic heterocycles. The van der Waals surface area contributed by atoms with Crippen LogP contribution in [-0.2, 0) is 9.47 Å². The van der Waals surface area contributed by atoms with Gasteiger partial charge >= 0.3 is 12.2 Å². The third-order valence-electron chi connectivity index (χ3n) is 1.99. The molecule has 0 N–H and O–H groups in total. The number of aromatic nitrogens is 1. The molecule has 2 amide bonds. The molecule has 0 atom stereocenters. The Morgan fingerprint density at radius 2 is 1.48 bits per heavy atom. The largest absolute Gasteiger partial charge is 0.444 e. The number of carbonyl (C=O) groups excluding carboxylic acids is 2. The summed E-state index contributed by atoms with van der Waals surface area (Å²) >= 11 is 32.9. The van der Waals surface area contributed by atoms with Crippen LogP contribution >= 0.6 is 69.6 Å². The lowest BCUT2D eigenvalue weighted by atomic mass is 10.4. The van der Waals surface area contributed by atoms with E-state index in [4.69, 9.17) is 79.1 Å². The van der Waals surface area contributed by atoms with Crippen LogP contribution in [0.15, 0.2) is 24.5 Å². The number of imide groups is 1. The van der Waals surface area contributed by atoms with Gasteiger partial charge < -0.3 is 9.47 Å². The van der Waals surface area contributed by atoms with Crippen molar-refractivity contribution in [1.82, 2.24) is 4.98 Å². The van der Waals surface area contributed by atoms with Crippen LogP contribution < -0.4 is 4.90 Å². The Morgan fingerprint density at radius 3 is 1.83 bits per heavy atom. The first-order valence-corrected chi connectivity index (χ1v) is 7.93. The predicted octanol–water partition coefficient (Wildman–Crippen LogP) is 4.90. The van der Waals surface area contributed by atoms with E-state index in [2.05, 4.69) is 4.98 Å². The summed E-state index contributed by atoms with van der Waals surface area (Å²) in [6.45, 7) is -1.18. The van der Waals surface area contributed by atoms with E-state index in [-0.39, 0.29) is 5.69 Å². The lowest BCUT2D eigenvalue weighted by Gasteiger charge is -2.22. The van der Waals surface area contributed by atoms with E-state index in [1.54, 1.807) is 0 Å². The zero-order chi connectivity index (χ0) is 17.7. The first kappa shape index (κ1) is 20.7. The summed E-state index contributed by atoms with van der Waals surface area (Å²) in [5.74, 6) is 0. The molecule has 0 saturated heterocycles. The van der Waals surface area contributed by atoms with Crippen molar-refractivity contribution in [2.75, 3.05) is 18.1 Å². The van der Waals surface area contributed by atoms with Crippen molar-refractivity contribution in [3.63, 3.8) is 0 Å². The van der Waals surface area contributed by atoms with Crippen LogP contribution in [0.1, 0.15) is 0 Å². The van der Waals surface area contributed by atoms with Crippen molar-refractivity contribution in [2.24, 2.45) is 0 Å². The van der Waals surface area contributed by atoms with Gasteiger partial charge in [-0.3, -0.25) is 4.98 Å². The second-order valence-corrected chi connectivity index (χ2v) is 8.92. The van der Waals surface area contributed by atoms with Crippen molar-refractivity contribution < 1.29 is 19.1 Å². The highest BCUT2D eigenvalue weighted by Crippen LogP contribution is 2.28. The van der Waals surface area contributed by atoms with Gasteiger partial charge in [-0.2, -0.15) is 4.90 Å². The molecule has 0 saturated carbocycles. The first-order valence-electron chi connectivity index (χ1n) is 5.67. The molecule has 128 valence electrons. The Bertz CT molecular complexity index is 516. The molecule has 0 spiro atoms. The number of ether oxygens (including phenoxy) is 2. The Kier molecular flexibility index (Phi) is 7.77. The number of carbonyl (C=O) groups is 2. The zero-order valence-corrected chi connectivity index (χ0v) is 15.6. The van der Waals surface area contributed by atoms with Gasteiger partial charge in [-0.25, -0.2) is 9.59 Å². The van der Waals surface area contributed by atoms with Gasteiger partial charge in [-0.05, 0) is 12.1 Å². The van der Waals surface area contributed by atoms with Crippen molar-refractivity contribution in [2.45, 2.75) is 7.59 Å². The molecule has 0 aliphatic rings. The summed E-state index contributed by atoms with van der Waals surface area (Å²) in [6, 6.07) is 2.88. The number of nitrogens with zero attached hydrogens (tertiary/aromatic N) is 2. The van der Waals surface area contributed by atoms with E-state index in [1.165, 1.54) is 24.5 Å². The van der Waals surface area contributed by atoms with E-state index in [0.29, 0.717) is 4.90 Å². The summed E-state index contributed by atoms with van der Waals surface area (Å²) in [6.07, 6.45) is 0.339. The molecule has 0 unspecified atom stereocenters. The molecule has 1 heterocycles. The highest BCUT2D eigenvalue weighted by atomic mass is 35.6. The summed E-state index contributed by atoms with van der Waals surface area (Å²) in [5, 5.41) is 0. The second kappa shape index (κ2) is 8.65. The normalized spacial score (nSPS) is 11.7. The lowest BCUT2D eigenvalue weighted by Crippen LogP contribution is -2.40. The number of anilines is 1. The molecule has 0 aliphatic carbocycles. The number of hydrogen-bond acceptors (Lipinski definition) is 5. The van der Waals surface area contributed by atoms with Crippen molar-refractivity contribution >= 4 is 87.5 Å². The summed E-state index contributed by atoms with van der Waals surface area (Å²) in [7, 11) is 0. The zero-order valence-electron chi connectivity index (χ0n) is 11.0. The number of halogens is 6. The van der Waals surface area contributed by atoms with Gasteiger partial charge in [0.15, 0.2) is 0 Å². The molecular formula is C11H8Cl6N2O4. The molecule has 6 nitrogen and oxygen atoms in total. The van der Waals surface area contributed by atoms with Crippen LogP contribution in [0.25, 0.3) is 0 Å². The standard InChI is InChI=1S/C11H8Cl6N2O4/c12-10(13,14)5-22-8(20)19(7-2-1-3-18-4-7)9(21)23-6-11(15,16)17/h1-4H,5-6H2. The van der Waals surface area contributed by atoms with Crippen LogP contribution in [0.2, 0.25) is 0 Å². The molecule has 12 heteroatoms. The van der Waals surface area contributed by atoms with Gasteiger partial charge in [-0.1, -0.05) is 69.6 Å². The third kappa shape index (κ3) is 8.33. The van der Waals surface area contributed by atoms with Gasteiger partial charge in [0, 0.05) is 6.20 Å². The number of amides is 2. The van der Waals surface area contributed by atoms with E-state index in [9.17, 15) is 9.59 Å². The molecule has 0 aromatic carbocycles. The van der Waals surface area contributed by atoms with E-state index in [1.807, 2.05) is 0 Å². The van der Waals surface area contributed by atoms with Crippen LogP contribution in [-0.4, -0.2) is 38.0 Å². The topological polar surface area (TPSA) is 68.7 Å². The minimum Gasteiger partial charge on any atom is -0.444 e. The van der Waals surface area contributed by atoms with Crippen LogP contribution in [0.3, 0.4) is 0 Å². The Balaban J connectivity index is 2.90. The molecule has 1 rings (SSSR count). The van der Waals surface area contributed by atoms with Gasteiger partial charge in [0.25, 0.3) is 0 Å². The molecule has 0 radical (unpaired) electrons. The number of alkyl halides is 6. The summed E-state index contributed by atoms with van der Waals surface area (Å²) < 4.78 is 5.78. The van der Waals surface area contributed by atoms with Gasteiger partial charge in [0.05, 0.1) is 11.9 Å². The number of hydrogen-bond donors (Lipinski definition) is 0. The Hall–Kier alpha value is -0.370. The predicted molar refractivity (Wildman–Crippen MR) is 90.0 cm³/mol. The van der Waals surface area contributed by atoms with Crippen molar-refractivity contribution in [1.29, 1.82) is 0 Å².